The van der Waals surface area contributed by atoms with Crippen molar-refractivity contribution in [2.45, 2.75) is 38.6 Å². The molecule has 5 heteroatoms. The molecule has 2 saturated heterocycles. The van der Waals surface area contributed by atoms with E-state index in [-0.39, 0.29) is 12.4 Å². The summed E-state index contributed by atoms with van der Waals surface area (Å²) in [6.45, 7) is 7.51. The number of aryl methyl sites for hydroxylation is 2. The molecule has 3 atom stereocenters. The third-order valence-corrected chi connectivity index (χ3v) is 5.70. The first-order valence-electron chi connectivity index (χ1n) is 9.11. The lowest BCUT2D eigenvalue weighted by molar-refractivity contribution is 0.338. The molecule has 1 aromatic heterocycles. The van der Waals surface area contributed by atoms with Crippen molar-refractivity contribution in [3.63, 3.8) is 0 Å². The second-order valence-electron chi connectivity index (χ2n) is 7.10. The molecule has 3 heterocycles. The van der Waals surface area contributed by atoms with E-state index in [0.29, 0.717) is 17.9 Å². The van der Waals surface area contributed by atoms with Gasteiger partial charge >= 0.3 is 0 Å². The maximum Gasteiger partial charge on any atom is 0.132 e. The van der Waals surface area contributed by atoms with Crippen molar-refractivity contribution in [3.05, 3.63) is 53.5 Å². The number of nitrogens with one attached hydrogen (secondary N) is 1. The highest BCUT2D eigenvalue weighted by atomic mass is 35.5. The van der Waals surface area contributed by atoms with Crippen LogP contribution < -0.4 is 10.2 Å². The van der Waals surface area contributed by atoms with Crippen molar-refractivity contribution in [3.8, 4) is 0 Å². The van der Waals surface area contributed by atoms with Gasteiger partial charge in [0, 0.05) is 42.7 Å². The van der Waals surface area contributed by atoms with Crippen molar-refractivity contribution < 1.29 is 0 Å². The van der Waals surface area contributed by atoms with Crippen LogP contribution >= 0.6 is 12.4 Å². The molecule has 2 aliphatic heterocycles. The molecule has 4 nitrogen and oxygen atoms in total. The number of nitrogens with zero attached hydrogens (tertiary/aromatic N) is 3. The lowest BCUT2D eigenvalue weighted by Crippen LogP contribution is -2.44. The Hall–Kier alpha value is -1.65. The van der Waals surface area contributed by atoms with Crippen LogP contribution in [0.5, 0.6) is 0 Å². The average molecular weight is 359 g/mol. The van der Waals surface area contributed by atoms with E-state index in [9.17, 15) is 0 Å². The number of aromatic nitrogens is 2. The third-order valence-electron chi connectivity index (χ3n) is 5.70. The van der Waals surface area contributed by atoms with Gasteiger partial charge in [-0.1, -0.05) is 31.2 Å². The van der Waals surface area contributed by atoms with Crippen LogP contribution in [0.3, 0.4) is 0 Å². The molecule has 25 heavy (non-hydrogen) atoms. The summed E-state index contributed by atoms with van der Waals surface area (Å²) in [5, 5.41) is 3.60. The first-order valence-corrected chi connectivity index (χ1v) is 9.11. The van der Waals surface area contributed by atoms with Crippen LogP contribution in [-0.4, -0.2) is 35.6 Å². The smallest absolute Gasteiger partial charge is 0.132 e. The van der Waals surface area contributed by atoms with Gasteiger partial charge in [0.1, 0.15) is 12.1 Å². The van der Waals surface area contributed by atoms with Crippen LogP contribution in [0.2, 0.25) is 0 Å². The lowest BCUT2D eigenvalue weighted by Gasteiger charge is -2.33. The van der Waals surface area contributed by atoms with Crippen LogP contribution in [0.4, 0.5) is 5.82 Å². The molecular formula is C20H27ClN4. The van der Waals surface area contributed by atoms with Gasteiger partial charge < -0.3 is 10.2 Å². The van der Waals surface area contributed by atoms with Crippen molar-refractivity contribution in [1.82, 2.24) is 15.3 Å². The first kappa shape index (κ1) is 18.2. The zero-order chi connectivity index (χ0) is 16.5. The molecule has 2 aliphatic rings. The maximum absolute atomic E-state index is 4.56. The topological polar surface area (TPSA) is 41.1 Å². The molecular weight excluding hydrogens is 332 g/mol. The zero-order valence-electron chi connectivity index (χ0n) is 15.0. The monoisotopic (exact) mass is 358 g/mol. The molecule has 0 saturated carbocycles. The Balaban J connectivity index is 0.00000182. The molecule has 4 rings (SSSR count). The van der Waals surface area contributed by atoms with E-state index >= 15 is 0 Å². The highest BCUT2D eigenvalue weighted by molar-refractivity contribution is 5.85. The van der Waals surface area contributed by atoms with Gasteiger partial charge in [0.05, 0.1) is 0 Å². The zero-order valence-corrected chi connectivity index (χ0v) is 15.8. The standard InChI is InChI=1S/C20H26N4.ClH/c1-3-15-4-6-16(7-5-15)18-12-24(19-8-9-21-11-17(18)19)20-10-14(2)22-13-23-20;/h4-7,10,13,17-19,21H,3,8-9,11-12H2,1-2H3;1H/t17-,18-,19-;/m1./s1. The molecule has 1 aromatic carbocycles. The minimum Gasteiger partial charge on any atom is -0.353 e. The van der Waals surface area contributed by atoms with Gasteiger partial charge in [-0.15, -0.1) is 12.4 Å². The molecule has 0 bridgehead atoms. The van der Waals surface area contributed by atoms with Gasteiger partial charge in [0.15, 0.2) is 0 Å². The molecule has 134 valence electrons. The summed E-state index contributed by atoms with van der Waals surface area (Å²) in [4.78, 5) is 11.4. The quantitative estimate of drug-likeness (QED) is 0.913. The Bertz CT molecular complexity index is 703. The number of rotatable bonds is 3. The van der Waals surface area contributed by atoms with Gasteiger partial charge in [0.2, 0.25) is 0 Å². The summed E-state index contributed by atoms with van der Waals surface area (Å²) >= 11 is 0. The Kier molecular flexibility index (Phi) is 5.60. The van der Waals surface area contributed by atoms with Gasteiger partial charge in [-0.2, -0.15) is 0 Å². The second-order valence-corrected chi connectivity index (χ2v) is 7.10. The van der Waals surface area contributed by atoms with Crippen molar-refractivity contribution in [1.29, 1.82) is 0 Å². The first-order chi connectivity index (χ1) is 11.8. The number of anilines is 1. The molecule has 0 radical (unpaired) electrons. The van der Waals surface area contributed by atoms with E-state index in [0.717, 1.165) is 37.6 Å². The number of benzene rings is 1. The summed E-state index contributed by atoms with van der Waals surface area (Å²) in [5.74, 6) is 2.32. The fraction of sp³-hybridized carbons (Fsp3) is 0.500. The molecule has 0 spiro atoms. The number of halogens is 1. The summed E-state index contributed by atoms with van der Waals surface area (Å²) in [6.07, 6.45) is 3.99. The molecule has 0 unspecified atom stereocenters. The van der Waals surface area contributed by atoms with Crippen molar-refractivity contribution in [2.75, 3.05) is 24.5 Å². The fourth-order valence-electron chi connectivity index (χ4n) is 4.36. The molecule has 0 amide bonds. The number of fused-ring (bicyclic) bond motifs is 1. The van der Waals surface area contributed by atoms with Gasteiger partial charge in [-0.25, -0.2) is 9.97 Å². The van der Waals surface area contributed by atoms with Crippen LogP contribution in [0.15, 0.2) is 36.7 Å². The van der Waals surface area contributed by atoms with E-state index < -0.39 is 0 Å². The SMILES string of the molecule is CCc1ccc([C@H]2CN(c3cc(C)ncn3)[C@@H]3CCNC[C@H]23)cc1.Cl. The van der Waals surface area contributed by atoms with Crippen molar-refractivity contribution in [2.24, 2.45) is 5.92 Å². The van der Waals surface area contributed by atoms with Gasteiger partial charge in [-0.3, -0.25) is 0 Å². The normalized spacial score (nSPS) is 25.4. The Morgan fingerprint density at radius 3 is 2.72 bits per heavy atom. The lowest BCUT2D eigenvalue weighted by atomic mass is 9.82. The predicted octanol–water partition coefficient (Wildman–Crippen LogP) is 3.35. The van der Waals surface area contributed by atoms with E-state index in [2.05, 4.69) is 57.4 Å². The van der Waals surface area contributed by atoms with E-state index in [1.807, 2.05) is 6.92 Å². The molecule has 1 N–H and O–H groups in total. The Morgan fingerprint density at radius 1 is 1.20 bits per heavy atom. The van der Waals surface area contributed by atoms with Crippen molar-refractivity contribution >= 4 is 18.2 Å². The second kappa shape index (κ2) is 7.71. The van der Waals surface area contributed by atoms with Crippen LogP contribution in [0, 0.1) is 12.8 Å². The molecule has 0 aliphatic carbocycles. The third kappa shape index (κ3) is 3.51. The predicted molar refractivity (Wildman–Crippen MR) is 105 cm³/mol. The van der Waals surface area contributed by atoms with Crippen LogP contribution in [-0.2, 0) is 6.42 Å². The van der Waals surface area contributed by atoms with E-state index in [4.69, 9.17) is 0 Å². The van der Waals surface area contributed by atoms with Crippen LogP contribution in [0.25, 0.3) is 0 Å². The number of piperidine rings is 1. The summed E-state index contributed by atoms with van der Waals surface area (Å²) < 4.78 is 0. The van der Waals surface area contributed by atoms with E-state index in [1.54, 1.807) is 6.33 Å². The van der Waals surface area contributed by atoms with E-state index in [1.165, 1.54) is 17.5 Å². The molecule has 2 fully saturated rings. The highest BCUT2D eigenvalue weighted by Gasteiger charge is 2.43. The van der Waals surface area contributed by atoms with Crippen LogP contribution in [0.1, 0.15) is 36.1 Å². The van der Waals surface area contributed by atoms with Gasteiger partial charge in [-0.05, 0) is 37.4 Å². The maximum atomic E-state index is 4.56. The largest absolute Gasteiger partial charge is 0.353 e. The summed E-state index contributed by atoms with van der Waals surface area (Å²) in [7, 11) is 0. The minimum atomic E-state index is 0. The number of hydrogen-bond acceptors (Lipinski definition) is 4. The van der Waals surface area contributed by atoms with Gasteiger partial charge in [0.25, 0.3) is 0 Å². The minimum absolute atomic E-state index is 0. The highest BCUT2D eigenvalue weighted by Crippen LogP contribution is 2.41. The Morgan fingerprint density at radius 2 is 2.00 bits per heavy atom. The number of hydrogen-bond donors (Lipinski definition) is 1. The summed E-state index contributed by atoms with van der Waals surface area (Å²) in [5.41, 5.74) is 3.93. The molecule has 2 aromatic rings. The Labute approximate surface area is 156 Å². The fourth-order valence-corrected chi connectivity index (χ4v) is 4.36. The average Bonchev–Trinajstić information content (AvgIpc) is 3.01. The summed E-state index contributed by atoms with van der Waals surface area (Å²) in [6, 6.07) is 12.0.